The van der Waals surface area contributed by atoms with E-state index in [0.717, 1.165) is 16.5 Å². The topological polar surface area (TPSA) is 87.3 Å². The van der Waals surface area contributed by atoms with Crippen LogP contribution in [0, 0.1) is 0 Å². The van der Waals surface area contributed by atoms with Gasteiger partial charge in [0, 0.05) is 36.4 Å². The van der Waals surface area contributed by atoms with Gasteiger partial charge < -0.3 is 15.0 Å². The van der Waals surface area contributed by atoms with Crippen LogP contribution in [0.1, 0.15) is 32.4 Å². The number of nitrogens with one attached hydrogen (secondary N) is 2. The average Bonchev–Trinajstić information content (AvgIpc) is 3.16. The van der Waals surface area contributed by atoms with Crippen molar-refractivity contribution in [2.75, 3.05) is 13.1 Å². The van der Waals surface area contributed by atoms with E-state index < -0.39 is 17.7 Å². The van der Waals surface area contributed by atoms with E-state index in [2.05, 4.69) is 15.3 Å². The van der Waals surface area contributed by atoms with E-state index in [-0.39, 0.29) is 5.91 Å². The lowest BCUT2D eigenvalue weighted by atomic mass is 9.97. The fourth-order valence-electron chi connectivity index (χ4n) is 3.57. The van der Waals surface area contributed by atoms with E-state index in [4.69, 9.17) is 16.3 Å². The van der Waals surface area contributed by atoms with Crippen LogP contribution in [0.2, 0.25) is 5.02 Å². The van der Waals surface area contributed by atoms with E-state index in [0.29, 0.717) is 29.3 Å². The van der Waals surface area contributed by atoms with Crippen molar-refractivity contribution in [2.24, 2.45) is 0 Å². The Bertz CT molecular complexity index is 1120. The van der Waals surface area contributed by atoms with Crippen LogP contribution in [0.15, 0.2) is 42.7 Å². The lowest BCUT2D eigenvalue weighted by Crippen LogP contribution is -2.53. The molecule has 0 spiro atoms. The Morgan fingerprint density at radius 3 is 2.87 bits per heavy atom. The van der Waals surface area contributed by atoms with E-state index in [1.165, 1.54) is 4.90 Å². The normalized spacial score (nSPS) is 17.1. The maximum absolute atomic E-state index is 12.8. The summed E-state index contributed by atoms with van der Waals surface area (Å²) in [7, 11) is 0. The summed E-state index contributed by atoms with van der Waals surface area (Å²) >= 11 is 6.61. The number of pyridine rings is 1. The highest BCUT2D eigenvalue weighted by molar-refractivity contribution is 6.38. The molecule has 7 nitrogen and oxygen atoms in total. The minimum absolute atomic E-state index is 0.241. The second kappa shape index (κ2) is 7.65. The first-order valence-electron chi connectivity index (χ1n) is 9.74. The summed E-state index contributed by atoms with van der Waals surface area (Å²) in [5.74, 6) is -0.241. The van der Waals surface area contributed by atoms with Crippen LogP contribution < -0.4 is 5.32 Å². The summed E-state index contributed by atoms with van der Waals surface area (Å²) in [5, 5.41) is 4.24. The molecule has 1 aliphatic heterocycles. The minimum atomic E-state index is -0.781. The van der Waals surface area contributed by atoms with Crippen LogP contribution in [0.5, 0.6) is 0 Å². The molecule has 1 unspecified atom stereocenters. The Balaban J connectivity index is 1.72. The zero-order valence-electron chi connectivity index (χ0n) is 17.0. The molecule has 0 aliphatic carbocycles. The monoisotopic (exact) mass is 426 g/mol. The van der Waals surface area contributed by atoms with Gasteiger partial charge in [-0.2, -0.15) is 0 Å². The van der Waals surface area contributed by atoms with Crippen molar-refractivity contribution >= 4 is 34.6 Å². The van der Waals surface area contributed by atoms with Gasteiger partial charge in [0.2, 0.25) is 5.91 Å². The second-order valence-electron chi connectivity index (χ2n) is 8.22. The van der Waals surface area contributed by atoms with Gasteiger partial charge in [-0.3, -0.25) is 9.69 Å². The Morgan fingerprint density at radius 1 is 1.30 bits per heavy atom. The lowest BCUT2D eigenvalue weighted by Gasteiger charge is -2.36. The van der Waals surface area contributed by atoms with Gasteiger partial charge in [0.1, 0.15) is 17.3 Å². The molecule has 1 atom stereocenters. The summed E-state index contributed by atoms with van der Waals surface area (Å²) in [6, 6.07) is 8.54. The van der Waals surface area contributed by atoms with Crippen molar-refractivity contribution < 1.29 is 14.3 Å². The number of piperazine rings is 1. The number of carbonyl (C=O) groups is 2. The molecule has 3 heterocycles. The molecule has 8 heteroatoms. The van der Waals surface area contributed by atoms with Crippen LogP contribution in [-0.4, -0.2) is 45.6 Å². The Labute approximate surface area is 179 Å². The quantitative estimate of drug-likeness (QED) is 0.639. The highest BCUT2D eigenvalue weighted by Gasteiger charge is 2.37. The molecular weight excluding hydrogens is 404 g/mol. The SMILES string of the molecule is CC(C)(C)OC(=O)N1CCNC(=O)C1c1cccc(-c2cnc3[nH]ccc3c2Cl)c1. The smallest absolute Gasteiger partial charge is 0.411 e. The number of halogens is 1. The summed E-state index contributed by atoms with van der Waals surface area (Å²) in [4.78, 5) is 34.4. The number of aromatic amines is 1. The molecule has 0 bridgehead atoms. The number of carbonyl (C=O) groups excluding carboxylic acids is 2. The highest BCUT2D eigenvalue weighted by atomic mass is 35.5. The second-order valence-corrected chi connectivity index (χ2v) is 8.60. The molecule has 1 fully saturated rings. The number of ether oxygens (including phenoxy) is 1. The van der Waals surface area contributed by atoms with Gasteiger partial charge in [-0.15, -0.1) is 0 Å². The van der Waals surface area contributed by atoms with Crippen LogP contribution in [0.3, 0.4) is 0 Å². The van der Waals surface area contributed by atoms with Crippen molar-refractivity contribution in [2.45, 2.75) is 32.4 Å². The Kier molecular flexibility index (Phi) is 5.15. The predicted molar refractivity (Wildman–Crippen MR) is 115 cm³/mol. The number of aromatic nitrogens is 2. The number of hydrogen-bond donors (Lipinski definition) is 2. The number of benzene rings is 1. The number of rotatable bonds is 2. The van der Waals surface area contributed by atoms with E-state index in [1.54, 1.807) is 33.2 Å². The van der Waals surface area contributed by atoms with E-state index in [1.807, 2.05) is 30.3 Å². The zero-order chi connectivity index (χ0) is 21.5. The summed E-state index contributed by atoms with van der Waals surface area (Å²) in [5.41, 5.74) is 2.31. The molecule has 0 saturated carbocycles. The molecule has 2 N–H and O–H groups in total. The standard InChI is InChI=1S/C22H23ClN4O3/c1-22(2,3)30-21(29)27-10-9-25-20(28)18(27)14-6-4-5-13(11-14)16-12-26-19-15(17(16)23)7-8-24-19/h4-8,11-12,18H,9-10H2,1-3H3,(H,24,26)(H,25,28). The number of hydrogen-bond acceptors (Lipinski definition) is 4. The number of nitrogens with zero attached hydrogens (tertiary/aromatic N) is 2. The van der Waals surface area contributed by atoms with Gasteiger partial charge in [-0.1, -0.05) is 29.8 Å². The van der Waals surface area contributed by atoms with Crippen molar-refractivity contribution in [3.63, 3.8) is 0 Å². The molecule has 0 radical (unpaired) electrons. The molecule has 4 rings (SSSR count). The predicted octanol–water partition coefficient (Wildman–Crippen LogP) is 4.29. The van der Waals surface area contributed by atoms with Crippen LogP contribution in [0.4, 0.5) is 4.79 Å². The molecular formula is C22H23ClN4O3. The van der Waals surface area contributed by atoms with Crippen LogP contribution >= 0.6 is 11.6 Å². The zero-order valence-corrected chi connectivity index (χ0v) is 17.8. The first-order valence-corrected chi connectivity index (χ1v) is 10.1. The van der Waals surface area contributed by atoms with E-state index >= 15 is 0 Å². The van der Waals surface area contributed by atoms with Gasteiger partial charge in [0.05, 0.1) is 5.02 Å². The molecule has 156 valence electrons. The fraction of sp³-hybridized carbons (Fsp3) is 0.318. The van der Waals surface area contributed by atoms with Gasteiger partial charge in [0.25, 0.3) is 0 Å². The first kappa shape index (κ1) is 20.2. The molecule has 2 amide bonds. The fourth-order valence-corrected chi connectivity index (χ4v) is 3.88. The first-order chi connectivity index (χ1) is 14.2. The third kappa shape index (κ3) is 3.85. The largest absolute Gasteiger partial charge is 0.444 e. The maximum atomic E-state index is 12.8. The molecule has 30 heavy (non-hydrogen) atoms. The molecule has 2 aromatic heterocycles. The van der Waals surface area contributed by atoms with Gasteiger partial charge in [0.15, 0.2) is 0 Å². The molecule has 1 aliphatic rings. The van der Waals surface area contributed by atoms with Gasteiger partial charge in [-0.25, -0.2) is 9.78 Å². The van der Waals surface area contributed by atoms with Gasteiger partial charge in [-0.05, 0) is 44.0 Å². The van der Waals surface area contributed by atoms with Crippen molar-refractivity contribution in [1.29, 1.82) is 0 Å². The highest BCUT2D eigenvalue weighted by Crippen LogP contribution is 2.35. The maximum Gasteiger partial charge on any atom is 0.411 e. The Hall–Kier alpha value is -3.06. The van der Waals surface area contributed by atoms with E-state index in [9.17, 15) is 9.59 Å². The third-order valence-corrected chi connectivity index (χ3v) is 5.28. The van der Waals surface area contributed by atoms with Crippen molar-refractivity contribution in [1.82, 2.24) is 20.2 Å². The van der Waals surface area contributed by atoms with Crippen LogP contribution in [0.25, 0.3) is 22.2 Å². The minimum Gasteiger partial charge on any atom is -0.444 e. The average molecular weight is 427 g/mol. The van der Waals surface area contributed by atoms with Gasteiger partial charge >= 0.3 is 6.09 Å². The lowest BCUT2D eigenvalue weighted by molar-refractivity contribution is -0.129. The molecule has 1 aromatic carbocycles. The van der Waals surface area contributed by atoms with Crippen LogP contribution in [-0.2, 0) is 9.53 Å². The molecule has 3 aromatic rings. The summed E-state index contributed by atoms with van der Waals surface area (Å²) in [6.45, 7) is 6.16. The number of fused-ring (bicyclic) bond motifs is 1. The summed E-state index contributed by atoms with van der Waals surface area (Å²) in [6.07, 6.45) is 2.97. The molecule has 1 saturated heterocycles. The third-order valence-electron chi connectivity index (χ3n) is 4.87. The summed E-state index contributed by atoms with van der Waals surface area (Å²) < 4.78 is 5.52. The van der Waals surface area contributed by atoms with Crippen molar-refractivity contribution in [3.8, 4) is 11.1 Å². The number of amides is 2. The Morgan fingerprint density at radius 2 is 2.10 bits per heavy atom. The number of H-pyrrole nitrogens is 1. The van der Waals surface area contributed by atoms with Crippen molar-refractivity contribution in [3.05, 3.63) is 53.3 Å².